The lowest BCUT2D eigenvalue weighted by Gasteiger charge is -2.08. The predicted octanol–water partition coefficient (Wildman–Crippen LogP) is 2.45. The lowest BCUT2D eigenvalue weighted by molar-refractivity contribution is 0.281. The second-order valence-electron chi connectivity index (χ2n) is 4.38. The maximum Gasteiger partial charge on any atom is 0.243 e. The highest BCUT2D eigenvalue weighted by Crippen LogP contribution is 2.19. The van der Waals surface area contributed by atoms with Crippen LogP contribution >= 0.6 is 11.6 Å². The number of aliphatic hydroxyl groups is 1. The minimum atomic E-state index is -3.97. The fraction of sp³-hybridized carbons (Fsp3) is 0.143. The fourth-order valence-corrected chi connectivity index (χ4v) is 3.02. The Morgan fingerprint density at radius 1 is 1.14 bits per heavy atom. The van der Waals surface area contributed by atoms with Crippen molar-refractivity contribution in [1.29, 1.82) is 0 Å². The van der Waals surface area contributed by atoms with E-state index in [1.54, 1.807) is 24.3 Å². The van der Waals surface area contributed by atoms with Gasteiger partial charge in [0.25, 0.3) is 0 Å². The minimum Gasteiger partial charge on any atom is -0.392 e. The molecule has 0 fully saturated rings. The molecule has 4 nitrogen and oxygen atoms in total. The molecule has 112 valence electrons. The standard InChI is InChI=1S/C14H13ClFNO3S/c15-12-4-5-14(13(16)7-12)21(19,20)17-8-10-2-1-3-11(6-10)9-18/h1-7,17-18H,8-9H2. The van der Waals surface area contributed by atoms with Crippen molar-refractivity contribution in [3.8, 4) is 0 Å². The van der Waals surface area contributed by atoms with Gasteiger partial charge < -0.3 is 5.11 Å². The number of benzene rings is 2. The van der Waals surface area contributed by atoms with Crippen molar-refractivity contribution < 1.29 is 17.9 Å². The van der Waals surface area contributed by atoms with Gasteiger partial charge in [-0.3, -0.25) is 0 Å². The molecule has 0 unspecified atom stereocenters. The van der Waals surface area contributed by atoms with Crippen molar-refractivity contribution in [2.24, 2.45) is 0 Å². The van der Waals surface area contributed by atoms with Gasteiger partial charge in [-0.05, 0) is 29.3 Å². The summed E-state index contributed by atoms with van der Waals surface area (Å²) in [5, 5.41) is 9.16. The number of hydrogen-bond donors (Lipinski definition) is 2. The van der Waals surface area contributed by atoms with E-state index in [1.807, 2.05) is 0 Å². The van der Waals surface area contributed by atoms with E-state index in [9.17, 15) is 12.8 Å². The molecule has 21 heavy (non-hydrogen) atoms. The van der Waals surface area contributed by atoms with E-state index in [0.717, 1.165) is 12.1 Å². The molecule has 0 aliphatic carbocycles. The molecule has 0 bridgehead atoms. The average Bonchev–Trinajstić information content (AvgIpc) is 2.45. The van der Waals surface area contributed by atoms with Gasteiger partial charge in [-0.25, -0.2) is 17.5 Å². The third-order valence-corrected chi connectivity index (χ3v) is 4.49. The maximum atomic E-state index is 13.7. The summed E-state index contributed by atoms with van der Waals surface area (Å²) in [6, 6.07) is 10.2. The van der Waals surface area contributed by atoms with Crippen LogP contribution in [0.1, 0.15) is 11.1 Å². The molecule has 7 heteroatoms. The van der Waals surface area contributed by atoms with E-state index < -0.39 is 20.7 Å². The zero-order valence-corrected chi connectivity index (χ0v) is 12.5. The van der Waals surface area contributed by atoms with E-state index in [4.69, 9.17) is 16.7 Å². The predicted molar refractivity (Wildman–Crippen MR) is 77.8 cm³/mol. The zero-order chi connectivity index (χ0) is 15.5. The molecule has 2 rings (SSSR count). The smallest absolute Gasteiger partial charge is 0.243 e. The van der Waals surface area contributed by atoms with Crippen LogP contribution in [-0.2, 0) is 23.2 Å². The van der Waals surface area contributed by atoms with Crippen molar-refractivity contribution >= 4 is 21.6 Å². The molecule has 0 saturated carbocycles. The van der Waals surface area contributed by atoms with Gasteiger partial charge in [0, 0.05) is 11.6 Å². The Labute approximate surface area is 127 Å². The largest absolute Gasteiger partial charge is 0.392 e. The topological polar surface area (TPSA) is 66.4 Å². The lowest BCUT2D eigenvalue weighted by Crippen LogP contribution is -2.24. The first-order valence-corrected chi connectivity index (χ1v) is 7.92. The fourth-order valence-electron chi connectivity index (χ4n) is 1.79. The second kappa shape index (κ2) is 6.53. The lowest BCUT2D eigenvalue weighted by atomic mass is 10.1. The molecule has 0 spiro atoms. The molecule has 0 amide bonds. The van der Waals surface area contributed by atoms with Crippen LogP contribution < -0.4 is 4.72 Å². The number of nitrogens with one attached hydrogen (secondary N) is 1. The number of halogens is 2. The Balaban J connectivity index is 2.17. The van der Waals surface area contributed by atoms with Crippen LogP contribution in [0.5, 0.6) is 0 Å². The van der Waals surface area contributed by atoms with Crippen molar-refractivity contribution in [1.82, 2.24) is 4.72 Å². The van der Waals surface area contributed by atoms with E-state index >= 15 is 0 Å². The quantitative estimate of drug-likeness (QED) is 0.885. The van der Waals surface area contributed by atoms with Gasteiger partial charge >= 0.3 is 0 Å². The first-order valence-electron chi connectivity index (χ1n) is 6.06. The number of hydrogen-bond acceptors (Lipinski definition) is 3. The molecule has 2 N–H and O–H groups in total. The molecule has 0 saturated heterocycles. The van der Waals surface area contributed by atoms with Crippen LogP contribution in [0.3, 0.4) is 0 Å². The highest BCUT2D eigenvalue weighted by molar-refractivity contribution is 7.89. The van der Waals surface area contributed by atoms with Crippen LogP contribution in [0.15, 0.2) is 47.4 Å². The molecular weight excluding hydrogens is 317 g/mol. The molecule has 0 atom stereocenters. The Bertz CT molecular complexity index is 750. The summed E-state index contributed by atoms with van der Waals surface area (Å²) < 4.78 is 40.1. The van der Waals surface area contributed by atoms with Crippen LogP contribution in [0.2, 0.25) is 5.02 Å². The average molecular weight is 330 g/mol. The van der Waals surface area contributed by atoms with E-state index in [0.29, 0.717) is 11.1 Å². The van der Waals surface area contributed by atoms with Gasteiger partial charge in [0.2, 0.25) is 10.0 Å². The van der Waals surface area contributed by atoms with Gasteiger partial charge in [-0.2, -0.15) is 0 Å². The Kier molecular flexibility index (Phi) is 4.95. The van der Waals surface area contributed by atoms with Gasteiger partial charge in [0.05, 0.1) is 6.61 Å². The summed E-state index contributed by atoms with van der Waals surface area (Å²) in [7, 11) is -3.97. The molecule has 2 aromatic rings. The second-order valence-corrected chi connectivity index (χ2v) is 6.55. The Morgan fingerprint density at radius 3 is 2.52 bits per heavy atom. The molecule has 0 aliphatic rings. The summed E-state index contributed by atoms with van der Waals surface area (Å²) in [6.07, 6.45) is 0. The number of aliphatic hydroxyl groups excluding tert-OH is 1. The third kappa shape index (κ3) is 4.01. The summed E-state index contributed by atoms with van der Waals surface area (Å²) in [5.41, 5.74) is 1.34. The van der Waals surface area contributed by atoms with Crippen LogP contribution in [0, 0.1) is 5.82 Å². The van der Waals surface area contributed by atoms with E-state index in [2.05, 4.69) is 4.72 Å². The van der Waals surface area contributed by atoms with Crippen LogP contribution in [0.25, 0.3) is 0 Å². The molecule has 0 aliphatic heterocycles. The van der Waals surface area contributed by atoms with Crippen molar-refractivity contribution in [3.05, 3.63) is 64.4 Å². The van der Waals surface area contributed by atoms with Crippen molar-refractivity contribution in [3.63, 3.8) is 0 Å². The van der Waals surface area contributed by atoms with Crippen molar-refractivity contribution in [2.45, 2.75) is 18.0 Å². The van der Waals surface area contributed by atoms with E-state index in [-0.39, 0.29) is 18.2 Å². The van der Waals surface area contributed by atoms with E-state index in [1.165, 1.54) is 6.07 Å². The summed E-state index contributed by atoms with van der Waals surface area (Å²) in [4.78, 5) is -0.454. The highest BCUT2D eigenvalue weighted by Gasteiger charge is 2.18. The summed E-state index contributed by atoms with van der Waals surface area (Å²) >= 11 is 5.59. The summed E-state index contributed by atoms with van der Waals surface area (Å²) in [5.74, 6) is -0.904. The number of sulfonamides is 1. The first kappa shape index (κ1) is 15.9. The third-order valence-electron chi connectivity index (χ3n) is 2.82. The van der Waals surface area contributed by atoms with Crippen molar-refractivity contribution in [2.75, 3.05) is 0 Å². The van der Waals surface area contributed by atoms with Gasteiger partial charge in [0.1, 0.15) is 10.7 Å². The molecule has 0 heterocycles. The van der Waals surface area contributed by atoms with Crippen LogP contribution in [0.4, 0.5) is 4.39 Å². The summed E-state index contributed by atoms with van der Waals surface area (Å²) in [6.45, 7) is -0.134. The molecule has 0 aromatic heterocycles. The molecule has 0 radical (unpaired) electrons. The van der Waals surface area contributed by atoms with Gasteiger partial charge in [0.15, 0.2) is 0 Å². The first-order chi connectivity index (χ1) is 9.92. The molecular formula is C14H13ClFNO3S. The van der Waals surface area contributed by atoms with Crippen LogP contribution in [-0.4, -0.2) is 13.5 Å². The highest BCUT2D eigenvalue weighted by atomic mass is 35.5. The molecule has 2 aromatic carbocycles. The number of rotatable bonds is 5. The SMILES string of the molecule is O=S(=O)(NCc1cccc(CO)c1)c1ccc(Cl)cc1F. The Hall–Kier alpha value is -1.47. The Morgan fingerprint density at radius 2 is 1.86 bits per heavy atom. The minimum absolute atomic E-state index is 0.00175. The van der Waals surface area contributed by atoms with Gasteiger partial charge in [-0.1, -0.05) is 35.9 Å². The monoisotopic (exact) mass is 329 g/mol. The van der Waals surface area contributed by atoms with Gasteiger partial charge in [-0.15, -0.1) is 0 Å². The normalized spacial score (nSPS) is 11.6. The maximum absolute atomic E-state index is 13.7. The zero-order valence-electron chi connectivity index (χ0n) is 10.9.